The summed E-state index contributed by atoms with van der Waals surface area (Å²) in [6.45, 7) is 1.63. The van der Waals surface area contributed by atoms with Crippen LogP contribution in [0.4, 0.5) is 0 Å². The van der Waals surface area contributed by atoms with Gasteiger partial charge in [0.15, 0.2) is 4.21 Å². The third-order valence-electron chi connectivity index (χ3n) is 3.48. The summed E-state index contributed by atoms with van der Waals surface area (Å²) in [5.41, 5.74) is -0.586. The highest BCUT2D eigenvalue weighted by molar-refractivity contribution is 7.91. The molecule has 2 rings (SSSR count). The summed E-state index contributed by atoms with van der Waals surface area (Å²) in [5.74, 6) is 0. The van der Waals surface area contributed by atoms with Crippen LogP contribution in [0.3, 0.4) is 0 Å². The molecule has 1 aromatic heterocycles. The van der Waals surface area contributed by atoms with Gasteiger partial charge in [0, 0.05) is 19.3 Å². The quantitative estimate of drug-likeness (QED) is 0.855. The highest BCUT2D eigenvalue weighted by Crippen LogP contribution is 2.31. The van der Waals surface area contributed by atoms with Gasteiger partial charge in [-0.05, 0) is 19.8 Å². The molecule has 0 bridgehead atoms. The minimum absolute atomic E-state index is 0.0293. The monoisotopic (exact) mass is 306 g/mol. The van der Waals surface area contributed by atoms with E-state index in [1.807, 2.05) is 0 Å². The van der Waals surface area contributed by atoms with E-state index >= 15 is 0 Å². The summed E-state index contributed by atoms with van der Waals surface area (Å²) in [6.07, 6.45) is 3.08. The highest BCUT2D eigenvalue weighted by atomic mass is 32.2. The zero-order valence-electron chi connectivity index (χ0n) is 11.0. The van der Waals surface area contributed by atoms with Crippen LogP contribution in [0.25, 0.3) is 0 Å². The third kappa shape index (κ3) is 2.91. The van der Waals surface area contributed by atoms with Gasteiger partial charge in [0.05, 0.1) is 5.60 Å². The fourth-order valence-electron chi connectivity index (χ4n) is 2.47. The topological polar surface area (TPSA) is 90.5 Å². The molecule has 6 nitrogen and oxygen atoms in total. The lowest BCUT2D eigenvalue weighted by Gasteiger charge is -2.27. The van der Waals surface area contributed by atoms with Crippen LogP contribution in [0, 0.1) is 6.92 Å². The molecule has 1 aliphatic rings. The van der Waals surface area contributed by atoms with Crippen molar-refractivity contribution < 1.29 is 13.5 Å². The second-order valence-corrected chi connectivity index (χ2v) is 8.34. The number of aromatic amines is 1. The minimum Gasteiger partial charge on any atom is -0.389 e. The van der Waals surface area contributed by atoms with Crippen LogP contribution in [0.15, 0.2) is 9.00 Å². The fraction of sp³-hybridized carbons (Fsp3) is 0.727. The maximum atomic E-state index is 12.4. The first-order valence-electron chi connectivity index (χ1n) is 6.13. The zero-order valence-corrected chi connectivity index (χ0v) is 12.6. The molecule has 2 N–H and O–H groups in total. The van der Waals surface area contributed by atoms with Gasteiger partial charge >= 0.3 is 4.87 Å². The highest BCUT2D eigenvalue weighted by Gasteiger charge is 2.36. The Bertz CT molecular complexity index is 611. The first-order valence-corrected chi connectivity index (χ1v) is 8.39. The first kappa shape index (κ1) is 14.7. The molecule has 1 aliphatic carbocycles. The Balaban J connectivity index is 2.24. The summed E-state index contributed by atoms with van der Waals surface area (Å²) in [7, 11) is -2.27. The molecule has 0 saturated heterocycles. The van der Waals surface area contributed by atoms with Crippen LogP contribution in [0.5, 0.6) is 0 Å². The van der Waals surface area contributed by atoms with Crippen LogP contribution in [0.2, 0.25) is 0 Å². The summed E-state index contributed by atoms with van der Waals surface area (Å²) < 4.78 is 25.9. The molecule has 0 aromatic carbocycles. The number of sulfonamides is 1. The van der Waals surface area contributed by atoms with Gasteiger partial charge < -0.3 is 10.1 Å². The second kappa shape index (κ2) is 5.01. The number of aryl methyl sites for hydroxylation is 1. The van der Waals surface area contributed by atoms with Crippen molar-refractivity contribution in [2.75, 3.05) is 13.6 Å². The first-order chi connectivity index (χ1) is 8.74. The molecule has 0 radical (unpaired) electrons. The van der Waals surface area contributed by atoms with Gasteiger partial charge in [-0.2, -0.15) is 4.31 Å². The van der Waals surface area contributed by atoms with Crippen LogP contribution < -0.4 is 4.87 Å². The van der Waals surface area contributed by atoms with Gasteiger partial charge in [0.1, 0.15) is 0 Å². The Labute approximate surface area is 116 Å². The molecule has 0 aliphatic heterocycles. The van der Waals surface area contributed by atoms with Crippen LogP contribution in [0.1, 0.15) is 31.4 Å². The van der Waals surface area contributed by atoms with E-state index in [-0.39, 0.29) is 15.6 Å². The largest absolute Gasteiger partial charge is 0.389 e. The predicted octanol–water partition coefficient (Wildman–Crippen LogP) is 0.670. The van der Waals surface area contributed by atoms with E-state index in [1.165, 1.54) is 7.05 Å². The molecule has 8 heteroatoms. The Hall–Kier alpha value is -0.700. The number of hydrogen-bond acceptors (Lipinski definition) is 5. The lowest BCUT2D eigenvalue weighted by Crippen LogP contribution is -2.41. The van der Waals surface area contributed by atoms with Crippen molar-refractivity contribution in [1.29, 1.82) is 0 Å². The van der Waals surface area contributed by atoms with Crippen LogP contribution in [-0.4, -0.2) is 42.0 Å². The van der Waals surface area contributed by atoms with Gasteiger partial charge in [0.2, 0.25) is 0 Å². The number of hydrogen-bond donors (Lipinski definition) is 2. The predicted molar refractivity (Wildman–Crippen MR) is 72.9 cm³/mol. The van der Waals surface area contributed by atoms with Crippen molar-refractivity contribution >= 4 is 21.4 Å². The number of nitrogens with one attached hydrogen (secondary N) is 1. The van der Waals surface area contributed by atoms with Crippen molar-refractivity contribution in [1.82, 2.24) is 9.29 Å². The van der Waals surface area contributed by atoms with Gasteiger partial charge in [-0.3, -0.25) is 4.79 Å². The lowest BCUT2D eigenvalue weighted by molar-refractivity contribution is 0.0334. The van der Waals surface area contributed by atoms with Crippen LogP contribution >= 0.6 is 11.3 Å². The summed E-state index contributed by atoms with van der Waals surface area (Å²) in [4.78, 5) is 13.3. The fourth-order valence-corrected chi connectivity index (χ4v) is 5.21. The van der Waals surface area contributed by atoms with E-state index in [0.29, 0.717) is 29.9 Å². The Kier molecular flexibility index (Phi) is 3.87. The van der Waals surface area contributed by atoms with E-state index in [4.69, 9.17) is 0 Å². The average Bonchev–Trinajstić information content (AvgIpc) is 2.85. The van der Waals surface area contributed by atoms with Gasteiger partial charge in [0.25, 0.3) is 10.0 Å². The Morgan fingerprint density at radius 1 is 1.42 bits per heavy atom. The zero-order chi connectivity index (χ0) is 14.3. The summed E-state index contributed by atoms with van der Waals surface area (Å²) >= 11 is 0.684. The second-order valence-electron chi connectivity index (χ2n) is 5.12. The molecule has 0 unspecified atom stereocenters. The molecule has 1 aromatic rings. The van der Waals surface area contributed by atoms with Crippen molar-refractivity contribution in [3.8, 4) is 0 Å². The van der Waals surface area contributed by atoms with Gasteiger partial charge in [-0.15, -0.1) is 0 Å². The Morgan fingerprint density at radius 3 is 2.47 bits per heavy atom. The number of thiazole rings is 1. The average molecular weight is 306 g/mol. The molecule has 1 heterocycles. The molecule has 1 fully saturated rings. The smallest absolute Gasteiger partial charge is 0.305 e. The van der Waals surface area contributed by atoms with Crippen molar-refractivity contribution in [2.24, 2.45) is 0 Å². The van der Waals surface area contributed by atoms with Crippen molar-refractivity contribution in [3.05, 3.63) is 15.4 Å². The molecule has 0 amide bonds. The SMILES string of the molecule is Cc1[nH]c(=O)sc1S(=O)(=O)N(C)CC1(O)CCCC1. The van der Waals surface area contributed by atoms with Crippen LogP contribution in [-0.2, 0) is 10.0 Å². The van der Waals surface area contributed by atoms with E-state index < -0.39 is 15.6 Å². The maximum Gasteiger partial charge on any atom is 0.305 e. The van der Waals surface area contributed by atoms with E-state index in [9.17, 15) is 18.3 Å². The Morgan fingerprint density at radius 2 is 2.00 bits per heavy atom. The van der Waals surface area contributed by atoms with Gasteiger partial charge in [-0.25, -0.2) is 8.42 Å². The normalized spacial score (nSPS) is 19.2. The minimum atomic E-state index is -3.71. The number of aliphatic hydroxyl groups is 1. The number of likely N-dealkylation sites (N-methyl/N-ethyl adjacent to an activating group) is 1. The van der Waals surface area contributed by atoms with Crippen molar-refractivity contribution in [3.63, 3.8) is 0 Å². The molecule has 1 saturated carbocycles. The summed E-state index contributed by atoms with van der Waals surface area (Å²) in [5, 5.41) is 10.3. The maximum absolute atomic E-state index is 12.4. The number of H-pyrrole nitrogens is 1. The lowest BCUT2D eigenvalue weighted by atomic mass is 10.0. The standard InChI is InChI=1S/C11H18N2O4S2/c1-8-9(18-10(14)12-8)19(16,17)13(2)7-11(15)5-3-4-6-11/h15H,3-7H2,1-2H3,(H,12,14). The number of rotatable bonds is 4. The van der Waals surface area contributed by atoms with E-state index in [1.54, 1.807) is 6.92 Å². The molecule has 19 heavy (non-hydrogen) atoms. The van der Waals surface area contributed by atoms with E-state index in [2.05, 4.69) is 4.98 Å². The van der Waals surface area contributed by atoms with Crippen molar-refractivity contribution in [2.45, 2.75) is 42.4 Å². The summed E-state index contributed by atoms with van der Waals surface area (Å²) in [6, 6.07) is 0. The number of aromatic nitrogens is 1. The molecular formula is C11H18N2O4S2. The number of nitrogens with zero attached hydrogens (tertiary/aromatic N) is 1. The molecule has 0 spiro atoms. The molecule has 0 atom stereocenters. The van der Waals surface area contributed by atoms with E-state index in [0.717, 1.165) is 17.1 Å². The van der Waals surface area contributed by atoms with Gasteiger partial charge in [-0.1, -0.05) is 24.2 Å². The third-order valence-corrected chi connectivity index (χ3v) is 6.86. The molecule has 108 valence electrons. The molecular weight excluding hydrogens is 288 g/mol.